The summed E-state index contributed by atoms with van der Waals surface area (Å²) in [6.45, 7) is 2.10. The zero-order valence-corrected chi connectivity index (χ0v) is 6.26. The monoisotopic (exact) mass is 136 g/mol. The second-order valence-electron chi connectivity index (χ2n) is 3.02. The number of carbonyl (C=O) groups excluding carboxylic acids is 1. The van der Waals surface area contributed by atoms with Gasteiger partial charge in [0.15, 0.2) is 0 Å². The predicted molar refractivity (Wildman–Crippen MR) is 40.3 cm³/mol. The first-order valence-corrected chi connectivity index (χ1v) is 3.76. The third-order valence-corrected chi connectivity index (χ3v) is 2.34. The first kappa shape index (κ1) is 7.34. The van der Waals surface area contributed by atoms with E-state index in [9.17, 15) is 4.79 Å². The van der Waals surface area contributed by atoms with Crippen LogP contribution in [0.4, 0.5) is 0 Å². The molecular weight excluding hydrogens is 124 g/mol. The Kier molecular flexibility index (Phi) is 2.11. The minimum absolute atomic E-state index is 0.00463. The molecule has 2 atom stereocenters. The van der Waals surface area contributed by atoms with E-state index in [0.29, 0.717) is 5.92 Å². The van der Waals surface area contributed by atoms with E-state index >= 15 is 0 Å². The lowest BCUT2D eigenvalue weighted by Crippen LogP contribution is -2.14. The van der Waals surface area contributed by atoms with Crippen LogP contribution in [0.15, 0.2) is 0 Å². The van der Waals surface area contributed by atoms with Crippen LogP contribution in [-0.2, 0) is 4.79 Å². The summed E-state index contributed by atoms with van der Waals surface area (Å²) in [6.07, 6.45) is 8.35. The van der Waals surface area contributed by atoms with Crippen molar-refractivity contribution in [2.75, 3.05) is 0 Å². The van der Waals surface area contributed by atoms with Crippen molar-refractivity contribution >= 4 is 5.78 Å². The highest BCUT2D eigenvalue weighted by Crippen LogP contribution is 2.31. The van der Waals surface area contributed by atoms with Gasteiger partial charge in [-0.15, -0.1) is 6.42 Å². The molecule has 0 aliphatic heterocycles. The molecule has 0 amide bonds. The fourth-order valence-corrected chi connectivity index (χ4v) is 1.64. The van der Waals surface area contributed by atoms with E-state index in [1.165, 1.54) is 6.42 Å². The lowest BCUT2D eigenvalue weighted by molar-refractivity contribution is -0.118. The highest BCUT2D eigenvalue weighted by molar-refractivity contribution is 5.97. The minimum Gasteiger partial charge on any atom is -0.285 e. The number of Topliss-reactive ketones (excluding diaryl/α,β-unsaturated/α-hetero) is 1. The third kappa shape index (κ3) is 1.21. The largest absolute Gasteiger partial charge is 0.285 e. The smallest absolute Gasteiger partial charge is 0.208 e. The number of hydrogen-bond donors (Lipinski definition) is 0. The Bertz CT molecular complexity index is 176. The van der Waals surface area contributed by atoms with Crippen LogP contribution < -0.4 is 0 Å². The molecule has 1 nitrogen and oxygen atoms in total. The van der Waals surface area contributed by atoms with Gasteiger partial charge in [-0.1, -0.05) is 13.3 Å². The van der Waals surface area contributed by atoms with Gasteiger partial charge in [-0.25, -0.2) is 0 Å². The second-order valence-corrected chi connectivity index (χ2v) is 3.02. The Morgan fingerprint density at radius 3 is 2.70 bits per heavy atom. The molecule has 0 spiro atoms. The Morgan fingerprint density at radius 2 is 2.30 bits per heavy atom. The summed E-state index contributed by atoms with van der Waals surface area (Å²) in [5.41, 5.74) is 0. The molecular formula is C9H12O. The van der Waals surface area contributed by atoms with E-state index in [1.807, 2.05) is 0 Å². The van der Waals surface area contributed by atoms with Crippen LogP contribution in [0.2, 0.25) is 0 Å². The maximum absolute atomic E-state index is 11.0. The molecule has 2 unspecified atom stereocenters. The van der Waals surface area contributed by atoms with Crippen LogP contribution in [-0.4, -0.2) is 5.78 Å². The number of hydrogen-bond acceptors (Lipinski definition) is 1. The molecule has 0 heterocycles. The van der Waals surface area contributed by atoms with Gasteiger partial charge in [0, 0.05) is 5.92 Å². The Labute approximate surface area is 61.8 Å². The van der Waals surface area contributed by atoms with E-state index in [-0.39, 0.29) is 11.7 Å². The molecule has 1 rings (SSSR count). The molecule has 54 valence electrons. The van der Waals surface area contributed by atoms with Gasteiger partial charge in [0.1, 0.15) is 0 Å². The van der Waals surface area contributed by atoms with E-state index in [2.05, 4.69) is 12.8 Å². The number of terminal acetylenes is 1. The molecule has 0 saturated heterocycles. The number of carbonyl (C=O) groups is 1. The van der Waals surface area contributed by atoms with Gasteiger partial charge in [-0.05, 0) is 24.7 Å². The highest BCUT2D eigenvalue weighted by atomic mass is 16.1. The predicted octanol–water partition coefficient (Wildman–Crippen LogP) is 1.62. The highest BCUT2D eigenvalue weighted by Gasteiger charge is 2.28. The van der Waals surface area contributed by atoms with Crippen molar-refractivity contribution in [2.24, 2.45) is 11.8 Å². The fraction of sp³-hybridized carbons (Fsp3) is 0.667. The molecule has 0 aromatic heterocycles. The van der Waals surface area contributed by atoms with Crippen molar-refractivity contribution in [3.05, 3.63) is 0 Å². The van der Waals surface area contributed by atoms with Crippen LogP contribution in [0.25, 0.3) is 0 Å². The molecule has 1 heteroatoms. The minimum atomic E-state index is 0.00463. The van der Waals surface area contributed by atoms with Crippen molar-refractivity contribution in [3.63, 3.8) is 0 Å². The average Bonchev–Trinajstić information content (AvgIpc) is 2.34. The van der Waals surface area contributed by atoms with Crippen molar-refractivity contribution in [1.29, 1.82) is 0 Å². The van der Waals surface area contributed by atoms with Crippen molar-refractivity contribution in [3.8, 4) is 12.3 Å². The maximum Gasteiger partial charge on any atom is 0.208 e. The van der Waals surface area contributed by atoms with Crippen LogP contribution in [0.5, 0.6) is 0 Å². The van der Waals surface area contributed by atoms with Crippen molar-refractivity contribution in [2.45, 2.75) is 26.2 Å². The zero-order valence-electron chi connectivity index (χ0n) is 6.26. The lowest BCUT2D eigenvalue weighted by atomic mass is 9.94. The topological polar surface area (TPSA) is 17.1 Å². The standard InChI is InChI=1S/C9H12O/c1-3-9(10)8-6-4-5-7(8)2/h1,7-8H,4-6H2,2H3. The van der Waals surface area contributed by atoms with E-state index < -0.39 is 0 Å². The number of ketones is 1. The quantitative estimate of drug-likeness (QED) is 0.395. The molecule has 0 radical (unpaired) electrons. The van der Waals surface area contributed by atoms with Gasteiger partial charge in [0.2, 0.25) is 5.78 Å². The molecule has 0 aromatic rings. The molecule has 1 saturated carbocycles. The molecule has 1 aliphatic carbocycles. The van der Waals surface area contributed by atoms with E-state index in [0.717, 1.165) is 12.8 Å². The summed E-state index contributed by atoms with van der Waals surface area (Å²) in [7, 11) is 0. The summed E-state index contributed by atoms with van der Waals surface area (Å²) in [5.74, 6) is 2.89. The Hall–Kier alpha value is -0.770. The van der Waals surface area contributed by atoms with Gasteiger partial charge in [-0.3, -0.25) is 4.79 Å². The molecule has 1 aliphatic rings. The second kappa shape index (κ2) is 2.88. The number of rotatable bonds is 1. The molecule has 0 aromatic carbocycles. The summed E-state index contributed by atoms with van der Waals surface area (Å²) in [5, 5.41) is 0. The average molecular weight is 136 g/mol. The zero-order chi connectivity index (χ0) is 7.56. The van der Waals surface area contributed by atoms with Gasteiger partial charge in [-0.2, -0.15) is 0 Å². The van der Waals surface area contributed by atoms with Crippen LogP contribution in [0.3, 0.4) is 0 Å². The van der Waals surface area contributed by atoms with Crippen LogP contribution in [0, 0.1) is 24.2 Å². The first-order chi connectivity index (χ1) is 4.75. The summed E-state index contributed by atoms with van der Waals surface area (Å²) in [6, 6.07) is 0. The fourth-order valence-electron chi connectivity index (χ4n) is 1.64. The van der Waals surface area contributed by atoms with E-state index in [4.69, 9.17) is 6.42 Å². The molecule has 1 fully saturated rings. The first-order valence-electron chi connectivity index (χ1n) is 3.76. The molecule has 10 heavy (non-hydrogen) atoms. The van der Waals surface area contributed by atoms with Gasteiger partial charge < -0.3 is 0 Å². The van der Waals surface area contributed by atoms with Crippen molar-refractivity contribution < 1.29 is 4.79 Å². The summed E-state index contributed by atoms with van der Waals surface area (Å²) < 4.78 is 0. The SMILES string of the molecule is C#CC(=O)C1CCCC1C. The molecule has 0 bridgehead atoms. The van der Waals surface area contributed by atoms with Crippen LogP contribution in [0.1, 0.15) is 26.2 Å². The molecule has 0 N–H and O–H groups in total. The third-order valence-electron chi connectivity index (χ3n) is 2.34. The summed E-state index contributed by atoms with van der Waals surface area (Å²) in [4.78, 5) is 11.0. The van der Waals surface area contributed by atoms with Crippen LogP contribution >= 0.6 is 0 Å². The van der Waals surface area contributed by atoms with Crippen molar-refractivity contribution in [1.82, 2.24) is 0 Å². The van der Waals surface area contributed by atoms with Gasteiger partial charge in [0.25, 0.3) is 0 Å². The summed E-state index contributed by atoms with van der Waals surface area (Å²) >= 11 is 0. The van der Waals surface area contributed by atoms with E-state index in [1.54, 1.807) is 0 Å². The maximum atomic E-state index is 11.0. The Morgan fingerprint density at radius 1 is 1.60 bits per heavy atom. The normalized spacial score (nSPS) is 31.6. The Balaban J connectivity index is 2.57. The van der Waals surface area contributed by atoms with Gasteiger partial charge >= 0.3 is 0 Å². The lowest BCUT2D eigenvalue weighted by Gasteiger charge is -2.08. The van der Waals surface area contributed by atoms with Gasteiger partial charge in [0.05, 0.1) is 0 Å².